The molecule has 0 radical (unpaired) electrons. The molecule has 0 N–H and O–H groups in total. The van der Waals surface area contributed by atoms with Gasteiger partial charge in [0.25, 0.3) is 5.91 Å². The lowest BCUT2D eigenvalue weighted by Crippen LogP contribution is -2.38. The van der Waals surface area contributed by atoms with Crippen LogP contribution >= 0.6 is 23.2 Å². The Bertz CT molecular complexity index is 523. The molecule has 19 heavy (non-hydrogen) atoms. The highest BCUT2D eigenvalue weighted by Crippen LogP contribution is 2.18. The molecule has 0 saturated carbocycles. The molecule has 8 heteroatoms. The number of carbonyl (C=O) groups is 2. The Morgan fingerprint density at radius 2 is 2.05 bits per heavy atom. The molecule has 1 aliphatic rings. The van der Waals surface area contributed by atoms with E-state index in [0.29, 0.717) is 13.1 Å². The molecule has 2 heterocycles. The lowest BCUT2D eigenvalue weighted by atomic mass is 10.2. The number of hydrogen-bond acceptors (Lipinski definition) is 4. The molecule has 2 amide bonds. The SMILES string of the molecule is CN1CCCN(C(=O)c2cc(Cl)nnc2Cl)CC1=O. The minimum Gasteiger partial charge on any atom is -0.344 e. The van der Waals surface area contributed by atoms with E-state index < -0.39 is 0 Å². The van der Waals surface area contributed by atoms with Gasteiger partial charge in [-0.3, -0.25) is 9.59 Å². The number of likely N-dealkylation sites (N-methyl/N-ethyl adjacent to an activating group) is 1. The molecule has 0 spiro atoms. The highest BCUT2D eigenvalue weighted by molar-refractivity contribution is 6.34. The van der Waals surface area contributed by atoms with Crippen LogP contribution in [0.3, 0.4) is 0 Å². The van der Waals surface area contributed by atoms with Crippen molar-refractivity contribution in [1.29, 1.82) is 0 Å². The highest BCUT2D eigenvalue weighted by Gasteiger charge is 2.25. The first kappa shape index (κ1) is 14.0. The maximum atomic E-state index is 12.3. The maximum absolute atomic E-state index is 12.3. The summed E-state index contributed by atoms with van der Waals surface area (Å²) in [5, 5.41) is 7.22. The lowest BCUT2D eigenvalue weighted by molar-refractivity contribution is -0.129. The van der Waals surface area contributed by atoms with Gasteiger partial charge in [0.15, 0.2) is 10.3 Å². The summed E-state index contributed by atoms with van der Waals surface area (Å²) in [6.45, 7) is 1.16. The zero-order chi connectivity index (χ0) is 14.0. The normalized spacial score (nSPS) is 16.5. The Hall–Kier alpha value is -1.40. The first-order valence-electron chi connectivity index (χ1n) is 5.71. The molecule has 1 aromatic rings. The van der Waals surface area contributed by atoms with E-state index in [1.807, 2.05) is 0 Å². The Morgan fingerprint density at radius 1 is 1.32 bits per heavy atom. The summed E-state index contributed by atoms with van der Waals surface area (Å²) in [4.78, 5) is 27.1. The van der Waals surface area contributed by atoms with Gasteiger partial charge in [0.1, 0.15) is 6.54 Å². The number of nitrogens with zero attached hydrogens (tertiary/aromatic N) is 4. The van der Waals surface area contributed by atoms with Gasteiger partial charge < -0.3 is 9.80 Å². The Balaban J connectivity index is 2.23. The third-order valence-electron chi connectivity index (χ3n) is 2.91. The van der Waals surface area contributed by atoms with Gasteiger partial charge >= 0.3 is 0 Å². The van der Waals surface area contributed by atoms with Crippen LogP contribution in [0.1, 0.15) is 16.8 Å². The van der Waals surface area contributed by atoms with Crippen LogP contribution in [0, 0.1) is 0 Å². The van der Waals surface area contributed by atoms with Gasteiger partial charge in [0.05, 0.1) is 5.56 Å². The van der Waals surface area contributed by atoms with Crippen molar-refractivity contribution in [3.63, 3.8) is 0 Å². The number of carbonyl (C=O) groups excluding carboxylic acids is 2. The molecule has 6 nitrogen and oxygen atoms in total. The molecule has 0 aliphatic carbocycles. The summed E-state index contributed by atoms with van der Waals surface area (Å²) >= 11 is 11.5. The third kappa shape index (κ3) is 3.13. The van der Waals surface area contributed by atoms with E-state index >= 15 is 0 Å². The monoisotopic (exact) mass is 302 g/mol. The van der Waals surface area contributed by atoms with Gasteiger partial charge in [-0.05, 0) is 12.5 Å². The zero-order valence-electron chi connectivity index (χ0n) is 10.3. The molecule has 0 bridgehead atoms. The van der Waals surface area contributed by atoms with Crippen molar-refractivity contribution < 1.29 is 9.59 Å². The molecule has 0 atom stereocenters. The fraction of sp³-hybridized carbons (Fsp3) is 0.455. The van der Waals surface area contributed by atoms with E-state index in [0.717, 1.165) is 6.42 Å². The largest absolute Gasteiger partial charge is 0.344 e. The van der Waals surface area contributed by atoms with Crippen LogP contribution in [0.25, 0.3) is 0 Å². The van der Waals surface area contributed by atoms with Crippen LogP contribution in [-0.2, 0) is 4.79 Å². The van der Waals surface area contributed by atoms with Gasteiger partial charge in [0.2, 0.25) is 5.91 Å². The third-order valence-corrected chi connectivity index (χ3v) is 3.37. The first-order valence-corrected chi connectivity index (χ1v) is 6.46. The molecule has 0 unspecified atom stereocenters. The average molecular weight is 303 g/mol. The van der Waals surface area contributed by atoms with Crippen molar-refractivity contribution in [3.8, 4) is 0 Å². The molecular weight excluding hydrogens is 291 g/mol. The zero-order valence-corrected chi connectivity index (χ0v) is 11.8. The second-order valence-corrected chi connectivity index (χ2v) is 5.01. The van der Waals surface area contributed by atoms with Gasteiger partial charge in [-0.25, -0.2) is 0 Å². The van der Waals surface area contributed by atoms with Crippen molar-refractivity contribution in [1.82, 2.24) is 20.0 Å². The van der Waals surface area contributed by atoms with E-state index in [4.69, 9.17) is 23.2 Å². The van der Waals surface area contributed by atoms with Crippen LogP contribution in [-0.4, -0.2) is 58.5 Å². The Labute approximate surface area is 120 Å². The van der Waals surface area contributed by atoms with E-state index in [-0.39, 0.29) is 34.2 Å². The van der Waals surface area contributed by atoms with Crippen LogP contribution in [0.15, 0.2) is 6.07 Å². The summed E-state index contributed by atoms with van der Waals surface area (Å²) in [6.07, 6.45) is 0.720. The number of rotatable bonds is 1. The molecular formula is C11H12Cl2N4O2. The van der Waals surface area contributed by atoms with E-state index in [9.17, 15) is 9.59 Å². The first-order chi connectivity index (χ1) is 8.99. The number of hydrogen-bond donors (Lipinski definition) is 0. The van der Waals surface area contributed by atoms with Crippen molar-refractivity contribution in [2.24, 2.45) is 0 Å². The van der Waals surface area contributed by atoms with Gasteiger partial charge in [-0.2, -0.15) is 0 Å². The minimum absolute atomic E-state index is 0.0144. The lowest BCUT2D eigenvalue weighted by Gasteiger charge is -2.20. The summed E-state index contributed by atoms with van der Waals surface area (Å²) in [7, 11) is 1.72. The van der Waals surface area contributed by atoms with Crippen molar-refractivity contribution in [3.05, 3.63) is 21.9 Å². The molecule has 102 valence electrons. The van der Waals surface area contributed by atoms with E-state index in [1.165, 1.54) is 11.0 Å². The highest BCUT2D eigenvalue weighted by atomic mass is 35.5. The Morgan fingerprint density at radius 3 is 2.79 bits per heavy atom. The second kappa shape index (κ2) is 5.71. The fourth-order valence-corrected chi connectivity index (χ4v) is 2.15. The van der Waals surface area contributed by atoms with Crippen LogP contribution in [0.4, 0.5) is 0 Å². The topological polar surface area (TPSA) is 66.4 Å². The van der Waals surface area contributed by atoms with Crippen LogP contribution in [0.5, 0.6) is 0 Å². The molecule has 1 aliphatic heterocycles. The smallest absolute Gasteiger partial charge is 0.257 e. The van der Waals surface area contributed by atoms with Crippen molar-refractivity contribution in [2.75, 3.05) is 26.7 Å². The van der Waals surface area contributed by atoms with Crippen LogP contribution < -0.4 is 0 Å². The quantitative estimate of drug-likeness (QED) is 0.779. The number of aromatic nitrogens is 2. The molecule has 0 aromatic carbocycles. The summed E-state index contributed by atoms with van der Waals surface area (Å²) in [5.41, 5.74) is 0.166. The van der Waals surface area contributed by atoms with E-state index in [1.54, 1.807) is 11.9 Å². The maximum Gasteiger partial charge on any atom is 0.257 e. The van der Waals surface area contributed by atoms with Gasteiger partial charge in [-0.15, -0.1) is 10.2 Å². The second-order valence-electron chi connectivity index (χ2n) is 4.27. The Kier molecular flexibility index (Phi) is 4.21. The molecule has 1 fully saturated rings. The van der Waals surface area contributed by atoms with Crippen LogP contribution in [0.2, 0.25) is 10.3 Å². The predicted octanol–water partition coefficient (Wildman–Crippen LogP) is 1.09. The average Bonchev–Trinajstić information content (AvgIpc) is 2.54. The van der Waals surface area contributed by atoms with Crippen molar-refractivity contribution in [2.45, 2.75) is 6.42 Å². The van der Waals surface area contributed by atoms with Gasteiger partial charge in [0, 0.05) is 20.1 Å². The fourth-order valence-electron chi connectivity index (χ4n) is 1.83. The standard InChI is InChI=1S/C11H12Cl2N4O2/c1-16-3-2-4-17(6-9(16)18)11(19)7-5-8(12)14-15-10(7)13/h5H,2-4,6H2,1H3. The summed E-state index contributed by atoms with van der Waals surface area (Å²) < 4.78 is 0. The van der Waals surface area contributed by atoms with Crippen molar-refractivity contribution >= 4 is 35.0 Å². The molecule has 1 saturated heterocycles. The summed E-state index contributed by atoms with van der Waals surface area (Å²) in [5.74, 6) is -0.458. The summed E-state index contributed by atoms with van der Waals surface area (Å²) in [6, 6.07) is 1.36. The minimum atomic E-state index is -0.356. The predicted molar refractivity (Wildman–Crippen MR) is 70.2 cm³/mol. The molecule has 1 aromatic heterocycles. The van der Waals surface area contributed by atoms with Gasteiger partial charge in [-0.1, -0.05) is 23.2 Å². The number of halogens is 2. The molecule has 2 rings (SSSR count). The number of amides is 2. The van der Waals surface area contributed by atoms with E-state index in [2.05, 4.69) is 10.2 Å².